The quantitative estimate of drug-likeness (QED) is 0.600. The maximum absolute atomic E-state index is 11.4. The highest BCUT2D eigenvalue weighted by Gasteiger charge is 2.58. The highest BCUT2D eigenvalue weighted by atomic mass is 16.6. The van der Waals surface area contributed by atoms with Gasteiger partial charge >= 0.3 is 0 Å². The molecule has 1 spiro atoms. The van der Waals surface area contributed by atoms with E-state index in [9.17, 15) is 10.1 Å². The van der Waals surface area contributed by atoms with Crippen LogP contribution in [0.25, 0.3) is 6.08 Å². The number of para-hydroxylation sites is 1. The molecule has 0 saturated heterocycles. The Morgan fingerprint density at radius 3 is 2.58 bits per heavy atom. The van der Waals surface area contributed by atoms with Crippen LogP contribution in [-0.2, 0) is 5.41 Å². The smallest absolute Gasteiger partial charge is 0.280 e. The number of nitrogens with zero attached hydrogens (tertiary/aromatic N) is 2. The van der Waals surface area contributed by atoms with Gasteiger partial charge in [0.05, 0.1) is 23.0 Å². The molecule has 134 valence electrons. The van der Waals surface area contributed by atoms with Crippen LogP contribution >= 0.6 is 0 Å². The van der Waals surface area contributed by atoms with Crippen LogP contribution in [0.1, 0.15) is 25.0 Å². The van der Waals surface area contributed by atoms with Crippen molar-refractivity contribution in [3.63, 3.8) is 0 Å². The summed E-state index contributed by atoms with van der Waals surface area (Å²) in [4.78, 5) is 13.1. The maximum atomic E-state index is 11.4. The molecule has 2 heterocycles. The Balaban J connectivity index is 1.93. The van der Waals surface area contributed by atoms with Gasteiger partial charge in [0, 0.05) is 18.8 Å². The molecule has 1 atom stereocenters. The van der Waals surface area contributed by atoms with Gasteiger partial charge in [-0.25, -0.2) is 0 Å². The number of benzene rings is 2. The molecule has 0 aliphatic carbocycles. The van der Waals surface area contributed by atoms with Crippen molar-refractivity contribution in [2.45, 2.75) is 25.0 Å². The number of nitro benzene ring substituents is 1. The highest BCUT2D eigenvalue weighted by Crippen LogP contribution is 2.56. The molecule has 4 rings (SSSR count). The topological polar surface area (TPSA) is 64.8 Å². The third-order valence-corrected chi connectivity index (χ3v) is 5.62. The van der Waals surface area contributed by atoms with Crippen LogP contribution in [0.4, 0.5) is 11.4 Å². The predicted molar refractivity (Wildman–Crippen MR) is 99.9 cm³/mol. The zero-order valence-corrected chi connectivity index (χ0v) is 15.1. The molecule has 2 aliphatic rings. The molecule has 0 radical (unpaired) electrons. The lowest BCUT2D eigenvalue weighted by atomic mass is 9.76. The average molecular weight is 352 g/mol. The van der Waals surface area contributed by atoms with Gasteiger partial charge in [0.1, 0.15) is 0 Å². The average Bonchev–Trinajstić information content (AvgIpc) is 2.80. The van der Waals surface area contributed by atoms with Crippen molar-refractivity contribution < 1.29 is 14.4 Å². The molecule has 0 amide bonds. The van der Waals surface area contributed by atoms with Crippen LogP contribution in [0.5, 0.6) is 11.5 Å². The van der Waals surface area contributed by atoms with Gasteiger partial charge in [-0.2, -0.15) is 0 Å². The van der Waals surface area contributed by atoms with Crippen molar-refractivity contribution in [1.82, 2.24) is 0 Å². The first-order chi connectivity index (χ1) is 12.3. The zero-order valence-electron chi connectivity index (χ0n) is 15.1. The fourth-order valence-electron chi connectivity index (χ4n) is 4.14. The summed E-state index contributed by atoms with van der Waals surface area (Å²) in [6, 6.07) is 11.2. The maximum Gasteiger partial charge on any atom is 0.280 e. The summed E-state index contributed by atoms with van der Waals surface area (Å²) in [5.41, 5.74) is 1.51. The summed E-state index contributed by atoms with van der Waals surface area (Å²) in [6.07, 6.45) is 3.70. The van der Waals surface area contributed by atoms with Crippen LogP contribution in [-0.4, -0.2) is 24.8 Å². The number of rotatable bonds is 2. The highest BCUT2D eigenvalue weighted by molar-refractivity contribution is 5.77. The van der Waals surface area contributed by atoms with Crippen molar-refractivity contribution in [1.29, 1.82) is 0 Å². The predicted octanol–water partition coefficient (Wildman–Crippen LogP) is 4.13. The molecule has 2 aromatic carbocycles. The molecule has 2 aromatic rings. The molecule has 0 bridgehead atoms. The largest absolute Gasteiger partial charge is 0.493 e. The number of hydrogen-bond donors (Lipinski definition) is 0. The van der Waals surface area contributed by atoms with E-state index < -0.39 is 10.6 Å². The first-order valence-electron chi connectivity index (χ1n) is 8.40. The number of hydrogen-bond acceptors (Lipinski definition) is 5. The number of anilines is 1. The SMILES string of the molecule is COc1ccc([N+](=O)[O-])c2c1OC1(C=C2)N(C)c2ccccc2C1(C)C. The van der Waals surface area contributed by atoms with Crippen LogP contribution in [0.2, 0.25) is 0 Å². The number of likely N-dealkylation sites (N-methyl/N-ethyl adjacent to an activating group) is 1. The fourth-order valence-corrected chi connectivity index (χ4v) is 4.14. The number of ether oxygens (including phenoxy) is 2. The van der Waals surface area contributed by atoms with Gasteiger partial charge in [-0.05, 0) is 43.7 Å². The Labute approximate surface area is 151 Å². The second-order valence-corrected chi connectivity index (χ2v) is 7.12. The molecule has 1 unspecified atom stereocenters. The zero-order chi connectivity index (χ0) is 18.7. The summed E-state index contributed by atoms with van der Waals surface area (Å²) >= 11 is 0. The molecule has 0 saturated carbocycles. The van der Waals surface area contributed by atoms with Crippen molar-refractivity contribution in [3.05, 3.63) is 63.7 Å². The van der Waals surface area contributed by atoms with Crippen molar-refractivity contribution in [2.24, 2.45) is 0 Å². The summed E-state index contributed by atoms with van der Waals surface area (Å²) in [6.45, 7) is 4.24. The standard InChI is InChI=1S/C20H20N2O4/c1-19(2)14-7-5-6-8-16(14)21(3)20(19)12-11-13-15(22(23)24)9-10-17(25-4)18(13)26-20/h5-12H,1-4H3. The van der Waals surface area contributed by atoms with Gasteiger partial charge in [-0.3, -0.25) is 10.1 Å². The first-order valence-corrected chi connectivity index (χ1v) is 8.40. The minimum absolute atomic E-state index is 0.00266. The van der Waals surface area contributed by atoms with E-state index in [1.165, 1.54) is 18.7 Å². The minimum Gasteiger partial charge on any atom is -0.493 e. The van der Waals surface area contributed by atoms with E-state index in [2.05, 4.69) is 30.9 Å². The van der Waals surface area contributed by atoms with Crippen molar-refractivity contribution in [2.75, 3.05) is 19.1 Å². The van der Waals surface area contributed by atoms with Gasteiger partial charge in [-0.15, -0.1) is 0 Å². The van der Waals surface area contributed by atoms with Crippen LogP contribution < -0.4 is 14.4 Å². The molecule has 0 N–H and O–H groups in total. The summed E-state index contributed by atoms with van der Waals surface area (Å²) in [5.74, 6) is 0.881. The monoisotopic (exact) mass is 352 g/mol. The lowest BCUT2D eigenvalue weighted by Gasteiger charge is -2.45. The molecule has 2 aliphatic heterocycles. The van der Waals surface area contributed by atoms with Gasteiger partial charge in [0.2, 0.25) is 5.72 Å². The molecule has 26 heavy (non-hydrogen) atoms. The van der Waals surface area contributed by atoms with E-state index >= 15 is 0 Å². The number of fused-ring (bicyclic) bond motifs is 2. The second-order valence-electron chi connectivity index (χ2n) is 7.12. The molecular weight excluding hydrogens is 332 g/mol. The molecule has 6 nitrogen and oxygen atoms in total. The lowest BCUT2D eigenvalue weighted by molar-refractivity contribution is -0.385. The molecular formula is C20H20N2O4. The lowest BCUT2D eigenvalue weighted by Crippen LogP contribution is -2.58. The van der Waals surface area contributed by atoms with Crippen molar-refractivity contribution >= 4 is 17.5 Å². The van der Waals surface area contributed by atoms with Gasteiger partial charge < -0.3 is 14.4 Å². The van der Waals surface area contributed by atoms with E-state index in [0.29, 0.717) is 17.1 Å². The third-order valence-electron chi connectivity index (χ3n) is 5.62. The van der Waals surface area contributed by atoms with Crippen LogP contribution in [0, 0.1) is 10.1 Å². The molecule has 6 heteroatoms. The van der Waals surface area contributed by atoms with Crippen LogP contribution in [0.3, 0.4) is 0 Å². The van der Waals surface area contributed by atoms with Crippen LogP contribution in [0.15, 0.2) is 42.5 Å². The first kappa shape index (κ1) is 16.4. The molecule has 0 fully saturated rings. The van der Waals surface area contributed by atoms with E-state index in [-0.39, 0.29) is 11.1 Å². The summed E-state index contributed by atoms with van der Waals surface area (Å²) < 4.78 is 11.9. The Bertz CT molecular complexity index is 951. The Morgan fingerprint density at radius 1 is 1.19 bits per heavy atom. The summed E-state index contributed by atoms with van der Waals surface area (Å²) in [5, 5.41) is 11.4. The van der Waals surface area contributed by atoms with Gasteiger partial charge in [-0.1, -0.05) is 18.2 Å². The number of methoxy groups -OCH3 is 1. The third kappa shape index (κ3) is 1.87. The normalized spacial score (nSPS) is 21.9. The van der Waals surface area contributed by atoms with Crippen molar-refractivity contribution in [3.8, 4) is 11.5 Å². The van der Waals surface area contributed by atoms with Gasteiger partial charge in [0.25, 0.3) is 5.69 Å². The Hall–Kier alpha value is -3.02. The van der Waals surface area contributed by atoms with Gasteiger partial charge in [0.15, 0.2) is 11.5 Å². The Morgan fingerprint density at radius 2 is 1.92 bits per heavy atom. The van der Waals surface area contributed by atoms with E-state index in [1.54, 1.807) is 12.1 Å². The van der Waals surface area contributed by atoms with E-state index in [1.807, 2.05) is 25.3 Å². The molecule has 0 aromatic heterocycles. The minimum atomic E-state index is -0.799. The Kier molecular flexibility index (Phi) is 3.31. The second kappa shape index (κ2) is 5.24. The van der Waals surface area contributed by atoms with E-state index in [4.69, 9.17) is 9.47 Å². The van der Waals surface area contributed by atoms with E-state index in [0.717, 1.165) is 5.69 Å². The fraction of sp³-hybridized carbons (Fsp3) is 0.300. The number of nitro groups is 1. The summed E-state index contributed by atoms with van der Waals surface area (Å²) in [7, 11) is 3.51.